The molecular formula is C40H56O10. The fourth-order valence-corrected chi connectivity index (χ4v) is 8.10. The Balaban J connectivity index is 1.56. The number of fused-ring (bicyclic) bond motifs is 2. The second kappa shape index (κ2) is 15.8. The van der Waals surface area contributed by atoms with Gasteiger partial charge >= 0.3 is 11.9 Å². The van der Waals surface area contributed by atoms with E-state index in [-0.39, 0.29) is 37.6 Å². The zero-order valence-electron chi connectivity index (χ0n) is 30.8. The quantitative estimate of drug-likeness (QED) is 0.213. The minimum absolute atomic E-state index is 0.0583. The summed E-state index contributed by atoms with van der Waals surface area (Å²) >= 11 is 0. The molecule has 1 aliphatic carbocycles. The van der Waals surface area contributed by atoms with Gasteiger partial charge in [0.2, 0.25) is 0 Å². The summed E-state index contributed by atoms with van der Waals surface area (Å²) in [5, 5.41) is 24.2. The monoisotopic (exact) mass is 696 g/mol. The maximum absolute atomic E-state index is 14.5. The van der Waals surface area contributed by atoms with Gasteiger partial charge in [0.25, 0.3) is 0 Å². The van der Waals surface area contributed by atoms with E-state index in [1.807, 2.05) is 32.1 Å². The molecule has 11 atom stereocenters. The van der Waals surface area contributed by atoms with Crippen molar-refractivity contribution in [1.82, 2.24) is 0 Å². The maximum atomic E-state index is 14.5. The summed E-state index contributed by atoms with van der Waals surface area (Å²) in [7, 11) is 1.50. The normalized spacial score (nSPS) is 40.0. The molecule has 5 aliphatic rings. The summed E-state index contributed by atoms with van der Waals surface area (Å²) in [4.78, 5) is 27.1. The smallest absolute Gasteiger partial charge is 0.333 e. The van der Waals surface area contributed by atoms with Gasteiger partial charge in [-0.05, 0) is 82.4 Å². The molecule has 0 saturated carbocycles. The number of carbonyl (C=O) groups is 2. The summed E-state index contributed by atoms with van der Waals surface area (Å²) in [5.74, 6) is -3.47. The van der Waals surface area contributed by atoms with Crippen molar-refractivity contribution < 1.29 is 48.2 Å². The number of ether oxygens (including phenoxy) is 6. The largest absolute Gasteiger partial charge is 0.462 e. The van der Waals surface area contributed by atoms with Crippen LogP contribution in [0.5, 0.6) is 0 Å². The standard InChI is InChI=1S/C40H56O10/c1-9-25(5)34-27(7)17-33(41)39(50-34)20-31-19-30(49-39)15-14-24(4)16-23(3)12-11-13-29-22-46-36-35(45-8)28(21-47-37(42)26(6)10-2)18-32(38(43)48-31)40(29,36)44/h9-14,18,23,27,30-36,41,44H,15-17,19-22H2,1-8H3/t23-,27-,30+,31-,32-,33+,34+,35+,36+,39-,40+/m0/s1. The van der Waals surface area contributed by atoms with Crippen molar-refractivity contribution in [3.63, 3.8) is 0 Å². The van der Waals surface area contributed by atoms with Crippen molar-refractivity contribution in [2.24, 2.45) is 17.8 Å². The van der Waals surface area contributed by atoms with Crippen LogP contribution < -0.4 is 0 Å². The lowest BCUT2D eigenvalue weighted by atomic mass is 9.70. The van der Waals surface area contributed by atoms with Crippen LogP contribution >= 0.6 is 0 Å². The van der Waals surface area contributed by atoms with Gasteiger partial charge in [-0.3, -0.25) is 4.79 Å². The highest BCUT2D eigenvalue weighted by Gasteiger charge is 2.61. The predicted octanol–water partition coefficient (Wildman–Crippen LogP) is 5.59. The van der Waals surface area contributed by atoms with Gasteiger partial charge in [-0.2, -0.15) is 0 Å². The molecule has 3 saturated heterocycles. The highest BCUT2D eigenvalue weighted by Crippen LogP contribution is 2.48. The van der Waals surface area contributed by atoms with Gasteiger partial charge in [-0.1, -0.05) is 62.0 Å². The van der Waals surface area contributed by atoms with Crippen LogP contribution in [0.25, 0.3) is 0 Å². The molecule has 10 heteroatoms. The Labute approximate surface area is 296 Å². The molecule has 3 fully saturated rings. The van der Waals surface area contributed by atoms with E-state index in [4.69, 9.17) is 28.4 Å². The molecule has 5 rings (SSSR count). The summed E-state index contributed by atoms with van der Waals surface area (Å²) in [5.41, 5.74) is 1.91. The molecule has 0 aromatic rings. The second-order valence-corrected chi connectivity index (χ2v) is 14.9. The van der Waals surface area contributed by atoms with Crippen molar-refractivity contribution in [3.8, 4) is 0 Å². The van der Waals surface area contributed by atoms with E-state index in [2.05, 4.69) is 32.9 Å². The van der Waals surface area contributed by atoms with Crippen LogP contribution in [0.2, 0.25) is 0 Å². The van der Waals surface area contributed by atoms with Gasteiger partial charge in [-0.25, -0.2) is 4.79 Å². The predicted molar refractivity (Wildman–Crippen MR) is 188 cm³/mol. The first-order chi connectivity index (χ1) is 23.8. The number of allylic oxidation sites excluding steroid dienone is 6. The van der Waals surface area contributed by atoms with Crippen LogP contribution in [-0.4, -0.2) is 90.5 Å². The number of aliphatic hydroxyl groups excluding tert-OH is 1. The van der Waals surface area contributed by atoms with Crippen molar-refractivity contribution >= 4 is 11.9 Å². The Morgan fingerprint density at radius 1 is 1.12 bits per heavy atom. The van der Waals surface area contributed by atoms with Crippen molar-refractivity contribution in [1.29, 1.82) is 0 Å². The van der Waals surface area contributed by atoms with Gasteiger partial charge in [0.1, 0.15) is 42.5 Å². The number of carbonyl (C=O) groups excluding carboxylic acids is 2. The SMILES string of the molecule is CC=C(C)C(=O)OCC1=C[C@H]2C(=O)O[C@H]3C[C@@H](CC=C(C)C[C@@H](C)C=CC=C4CO[C@H]([C@@H]1OC)[C@@]42O)O[C@@]1(C3)O[C@H](C(C)=CC)[C@@H](C)C[C@H]1O. The average molecular weight is 697 g/mol. The average Bonchev–Trinajstić information content (AvgIpc) is 3.42. The Morgan fingerprint density at radius 2 is 1.88 bits per heavy atom. The number of hydrogen-bond acceptors (Lipinski definition) is 10. The minimum Gasteiger partial charge on any atom is -0.462 e. The molecule has 0 aromatic carbocycles. The van der Waals surface area contributed by atoms with E-state index in [1.165, 1.54) is 12.7 Å². The number of hydrogen-bond donors (Lipinski definition) is 2. The van der Waals surface area contributed by atoms with Crippen LogP contribution in [0, 0.1) is 17.8 Å². The maximum Gasteiger partial charge on any atom is 0.333 e. The summed E-state index contributed by atoms with van der Waals surface area (Å²) in [6.45, 7) is 13.6. The topological polar surface area (TPSA) is 130 Å². The molecule has 1 spiro atoms. The van der Waals surface area contributed by atoms with Gasteiger partial charge in [-0.15, -0.1) is 0 Å². The van der Waals surface area contributed by atoms with Crippen molar-refractivity contribution in [2.75, 3.05) is 20.3 Å². The molecule has 0 aromatic heterocycles. The van der Waals surface area contributed by atoms with E-state index < -0.39 is 59.8 Å². The van der Waals surface area contributed by atoms with E-state index in [0.717, 1.165) is 12.0 Å². The van der Waals surface area contributed by atoms with E-state index in [9.17, 15) is 19.8 Å². The van der Waals surface area contributed by atoms with Crippen LogP contribution in [0.3, 0.4) is 0 Å². The highest BCUT2D eigenvalue weighted by atomic mass is 16.7. The third-order valence-electron chi connectivity index (χ3n) is 11.1. The third kappa shape index (κ3) is 7.66. The second-order valence-electron chi connectivity index (χ2n) is 14.9. The van der Waals surface area contributed by atoms with E-state index >= 15 is 0 Å². The number of methoxy groups -OCH3 is 1. The highest BCUT2D eigenvalue weighted by molar-refractivity contribution is 5.87. The van der Waals surface area contributed by atoms with Gasteiger partial charge in [0.15, 0.2) is 5.79 Å². The third-order valence-corrected chi connectivity index (χ3v) is 11.1. The number of aliphatic hydroxyl groups is 2. The molecule has 4 heterocycles. The van der Waals surface area contributed by atoms with Crippen molar-refractivity contribution in [2.45, 2.75) is 129 Å². The van der Waals surface area contributed by atoms with Gasteiger partial charge in [0.05, 0.1) is 18.8 Å². The van der Waals surface area contributed by atoms with Crippen molar-refractivity contribution in [3.05, 3.63) is 70.4 Å². The first kappa shape index (κ1) is 38.4. The Hall–Kier alpha value is -2.86. The van der Waals surface area contributed by atoms with Crippen LogP contribution in [-0.2, 0) is 38.0 Å². The first-order valence-corrected chi connectivity index (χ1v) is 18.0. The number of rotatable bonds is 5. The van der Waals surface area contributed by atoms with E-state index in [1.54, 1.807) is 26.0 Å². The zero-order valence-corrected chi connectivity index (χ0v) is 30.8. The molecule has 10 nitrogen and oxygen atoms in total. The number of esters is 2. The summed E-state index contributed by atoms with van der Waals surface area (Å²) in [6.07, 6.45) is 11.6. The fraction of sp³-hybridized carbons (Fsp3) is 0.650. The van der Waals surface area contributed by atoms with Crippen LogP contribution in [0.1, 0.15) is 80.6 Å². The lowest BCUT2D eigenvalue weighted by molar-refractivity contribution is -0.363. The minimum atomic E-state index is -1.79. The van der Waals surface area contributed by atoms with Crippen LogP contribution in [0.15, 0.2) is 70.4 Å². The molecule has 2 bridgehead atoms. The fourth-order valence-electron chi connectivity index (χ4n) is 8.10. The summed E-state index contributed by atoms with van der Waals surface area (Å²) in [6, 6.07) is 0. The van der Waals surface area contributed by atoms with Crippen LogP contribution in [0.4, 0.5) is 0 Å². The molecule has 50 heavy (non-hydrogen) atoms. The molecule has 0 radical (unpaired) electrons. The zero-order chi connectivity index (χ0) is 36.4. The van der Waals surface area contributed by atoms with E-state index in [0.29, 0.717) is 36.0 Å². The lowest BCUT2D eigenvalue weighted by Crippen LogP contribution is -2.62. The molecule has 276 valence electrons. The summed E-state index contributed by atoms with van der Waals surface area (Å²) < 4.78 is 37.3. The molecular weight excluding hydrogens is 640 g/mol. The lowest BCUT2D eigenvalue weighted by Gasteiger charge is -2.52. The molecule has 0 unspecified atom stereocenters. The first-order valence-electron chi connectivity index (χ1n) is 18.0. The Kier molecular flexibility index (Phi) is 12.1. The Morgan fingerprint density at radius 3 is 2.58 bits per heavy atom. The molecule has 2 N–H and O–H groups in total. The van der Waals surface area contributed by atoms with Gasteiger partial charge in [0, 0.05) is 25.5 Å². The molecule has 4 aliphatic heterocycles. The van der Waals surface area contributed by atoms with Gasteiger partial charge < -0.3 is 38.6 Å². The Bertz CT molecular complexity index is 1470. The molecule has 0 amide bonds.